The lowest BCUT2D eigenvalue weighted by molar-refractivity contribution is -0.181. The first-order valence-corrected chi connectivity index (χ1v) is 9.54. The van der Waals surface area contributed by atoms with Crippen LogP contribution in [0.25, 0.3) is 16.7 Å². The van der Waals surface area contributed by atoms with E-state index in [1.165, 1.54) is 23.0 Å². The van der Waals surface area contributed by atoms with Crippen molar-refractivity contribution >= 4 is 16.9 Å². The average Bonchev–Trinajstić information content (AvgIpc) is 3.35. The molecule has 6 nitrogen and oxygen atoms in total. The van der Waals surface area contributed by atoms with Gasteiger partial charge in [0, 0.05) is 37.6 Å². The summed E-state index contributed by atoms with van der Waals surface area (Å²) in [4.78, 5) is 19.0. The first kappa shape index (κ1) is 18.2. The van der Waals surface area contributed by atoms with Crippen LogP contribution in [0.5, 0.6) is 0 Å². The Morgan fingerprint density at radius 1 is 1.03 bits per heavy atom. The number of benzene rings is 2. The van der Waals surface area contributed by atoms with Gasteiger partial charge in [-0.2, -0.15) is 0 Å². The minimum absolute atomic E-state index is 0.0812. The Hall–Kier alpha value is -2.84. The van der Waals surface area contributed by atoms with Gasteiger partial charge in [-0.3, -0.25) is 9.36 Å². The fraction of sp³-hybridized carbons (Fsp3) is 0.333. The van der Waals surface area contributed by atoms with Crippen molar-refractivity contribution in [3.8, 4) is 5.69 Å². The van der Waals surface area contributed by atoms with Crippen molar-refractivity contribution < 1.29 is 23.0 Å². The smallest absolute Gasteiger partial charge is 0.253 e. The van der Waals surface area contributed by atoms with Gasteiger partial charge in [0.25, 0.3) is 5.91 Å². The Labute approximate surface area is 165 Å². The van der Waals surface area contributed by atoms with Crippen LogP contribution in [0.3, 0.4) is 0 Å². The normalized spacial score (nSPS) is 18.6. The zero-order valence-corrected chi connectivity index (χ0v) is 15.6. The Morgan fingerprint density at radius 2 is 1.79 bits per heavy atom. The number of fused-ring (bicyclic) bond motifs is 1. The van der Waals surface area contributed by atoms with Crippen molar-refractivity contribution in [2.45, 2.75) is 18.6 Å². The number of ether oxygens (including phenoxy) is 2. The molecule has 0 radical (unpaired) electrons. The number of aromatic nitrogens is 2. The average molecular weight is 399 g/mol. The molecule has 0 bridgehead atoms. The zero-order valence-electron chi connectivity index (χ0n) is 15.6. The second-order valence-electron chi connectivity index (χ2n) is 7.31. The molecule has 0 N–H and O–H groups in total. The highest BCUT2D eigenvalue weighted by Crippen LogP contribution is 2.32. The molecule has 8 heteroatoms. The first-order chi connectivity index (χ1) is 14.0. The Morgan fingerprint density at radius 3 is 2.52 bits per heavy atom. The van der Waals surface area contributed by atoms with Crippen LogP contribution in [0.4, 0.5) is 8.78 Å². The maximum Gasteiger partial charge on any atom is 0.253 e. The second kappa shape index (κ2) is 6.89. The van der Waals surface area contributed by atoms with Gasteiger partial charge >= 0.3 is 0 Å². The largest absolute Gasteiger partial charge is 0.347 e. The summed E-state index contributed by atoms with van der Waals surface area (Å²) >= 11 is 0. The highest BCUT2D eigenvalue weighted by Gasteiger charge is 2.40. The summed E-state index contributed by atoms with van der Waals surface area (Å²) in [6.07, 6.45) is 2.77. The van der Waals surface area contributed by atoms with Crippen molar-refractivity contribution in [3.63, 3.8) is 0 Å². The molecule has 0 aliphatic carbocycles. The SMILES string of the molecule is O=C(c1ccc2c(c1)ncn2-c1ccc(F)cc1F)N1CCC2(CC1)OCCO2. The van der Waals surface area contributed by atoms with Gasteiger partial charge in [-0.25, -0.2) is 13.8 Å². The molecule has 2 aliphatic heterocycles. The minimum Gasteiger partial charge on any atom is -0.347 e. The van der Waals surface area contributed by atoms with Crippen LogP contribution >= 0.6 is 0 Å². The van der Waals surface area contributed by atoms with E-state index < -0.39 is 17.4 Å². The van der Waals surface area contributed by atoms with E-state index in [0.29, 0.717) is 55.7 Å². The van der Waals surface area contributed by atoms with E-state index in [9.17, 15) is 13.6 Å². The van der Waals surface area contributed by atoms with E-state index in [-0.39, 0.29) is 11.6 Å². The van der Waals surface area contributed by atoms with Crippen molar-refractivity contribution in [2.75, 3.05) is 26.3 Å². The quantitative estimate of drug-likeness (QED) is 0.664. The molecule has 0 atom stereocenters. The van der Waals surface area contributed by atoms with Crippen LogP contribution in [0.2, 0.25) is 0 Å². The monoisotopic (exact) mass is 399 g/mol. The van der Waals surface area contributed by atoms with E-state index in [0.717, 1.165) is 6.07 Å². The number of carbonyl (C=O) groups excluding carboxylic acids is 1. The number of halogens is 2. The second-order valence-corrected chi connectivity index (χ2v) is 7.31. The van der Waals surface area contributed by atoms with Gasteiger partial charge < -0.3 is 14.4 Å². The summed E-state index contributed by atoms with van der Waals surface area (Å²) < 4.78 is 40.3. The Kier molecular flexibility index (Phi) is 4.33. The number of amides is 1. The van der Waals surface area contributed by atoms with Gasteiger partial charge in [0.2, 0.25) is 0 Å². The molecule has 0 saturated carbocycles. The van der Waals surface area contributed by atoms with Crippen LogP contribution in [0, 0.1) is 11.6 Å². The van der Waals surface area contributed by atoms with Crippen LogP contribution in [-0.2, 0) is 9.47 Å². The molecule has 3 aromatic rings. The molecular formula is C21H19F2N3O3. The standard InChI is InChI=1S/C21H19F2N3O3/c22-15-2-4-18(16(23)12-15)26-13-24-17-11-14(1-3-19(17)26)20(27)25-7-5-21(6-8-25)28-9-10-29-21/h1-4,11-13H,5-10H2. The summed E-state index contributed by atoms with van der Waals surface area (Å²) in [5.74, 6) is -1.93. The number of hydrogen-bond donors (Lipinski definition) is 0. The van der Waals surface area contributed by atoms with Gasteiger partial charge in [-0.15, -0.1) is 0 Å². The van der Waals surface area contributed by atoms with E-state index in [1.54, 1.807) is 23.1 Å². The molecule has 5 rings (SSSR count). The van der Waals surface area contributed by atoms with Crippen LogP contribution < -0.4 is 0 Å². The van der Waals surface area contributed by atoms with E-state index >= 15 is 0 Å². The summed E-state index contributed by atoms with van der Waals surface area (Å²) in [6.45, 7) is 2.32. The van der Waals surface area contributed by atoms with Crippen molar-refractivity contribution in [2.24, 2.45) is 0 Å². The molecule has 150 valence electrons. The highest BCUT2D eigenvalue weighted by atomic mass is 19.1. The first-order valence-electron chi connectivity index (χ1n) is 9.54. The number of piperidine rings is 1. The Bertz CT molecular complexity index is 1080. The third-order valence-corrected chi connectivity index (χ3v) is 5.59. The minimum atomic E-state index is -0.678. The molecule has 29 heavy (non-hydrogen) atoms. The molecule has 1 aromatic heterocycles. The summed E-state index contributed by atoms with van der Waals surface area (Å²) in [7, 11) is 0. The number of imidazole rings is 1. The fourth-order valence-electron chi connectivity index (χ4n) is 4.03. The maximum atomic E-state index is 14.1. The van der Waals surface area contributed by atoms with Crippen molar-refractivity contribution in [1.29, 1.82) is 0 Å². The molecular weight excluding hydrogens is 380 g/mol. The molecule has 2 aliphatic rings. The Balaban J connectivity index is 1.39. The summed E-state index contributed by atoms with van der Waals surface area (Å²) in [5, 5.41) is 0. The summed E-state index contributed by atoms with van der Waals surface area (Å²) in [5.41, 5.74) is 1.92. The molecule has 3 heterocycles. The van der Waals surface area contributed by atoms with Gasteiger partial charge in [-0.05, 0) is 30.3 Å². The predicted molar refractivity (Wildman–Crippen MR) is 101 cm³/mol. The van der Waals surface area contributed by atoms with Gasteiger partial charge in [0.05, 0.1) is 29.9 Å². The number of nitrogens with zero attached hydrogens (tertiary/aromatic N) is 3. The molecule has 1 amide bonds. The van der Waals surface area contributed by atoms with E-state index in [4.69, 9.17) is 9.47 Å². The lowest BCUT2D eigenvalue weighted by atomic mass is 10.0. The number of likely N-dealkylation sites (tertiary alicyclic amines) is 1. The third-order valence-electron chi connectivity index (χ3n) is 5.59. The predicted octanol–water partition coefficient (Wildman–Crippen LogP) is 3.28. The van der Waals surface area contributed by atoms with E-state index in [2.05, 4.69) is 4.98 Å². The van der Waals surface area contributed by atoms with Gasteiger partial charge in [-0.1, -0.05) is 0 Å². The summed E-state index contributed by atoms with van der Waals surface area (Å²) in [6, 6.07) is 8.53. The van der Waals surface area contributed by atoms with Crippen LogP contribution in [-0.4, -0.2) is 52.4 Å². The molecule has 2 fully saturated rings. The third kappa shape index (κ3) is 3.18. The van der Waals surface area contributed by atoms with Crippen LogP contribution in [0.1, 0.15) is 23.2 Å². The van der Waals surface area contributed by atoms with Crippen LogP contribution in [0.15, 0.2) is 42.7 Å². The maximum absolute atomic E-state index is 14.1. The molecule has 2 saturated heterocycles. The fourth-order valence-corrected chi connectivity index (χ4v) is 4.03. The number of hydrogen-bond acceptors (Lipinski definition) is 4. The number of carbonyl (C=O) groups is 1. The lowest BCUT2D eigenvalue weighted by Crippen LogP contribution is -2.47. The zero-order chi connectivity index (χ0) is 20.0. The molecule has 0 unspecified atom stereocenters. The topological polar surface area (TPSA) is 56.6 Å². The lowest BCUT2D eigenvalue weighted by Gasteiger charge is -2.37. The van der Waals surface area contributed by atoms with Crippen molar-refractivity contribution in [3.05, 3.63) is 59.9 Å². The number of rotatable bonds is 2. The molecule has 2 aromatic carbocycles. The van der Waals surface area contributed by atoms with E-state index in [1.807, 2.05) is 0 Å². The highest BCUT2D eigenvalue weighted by molar-refractivity contribution is 5.97. The van der Waals surface area contributed by atoms with Gasteiger partial charge in [0.1, 0.15) is 18.0 Å². The molecule has 1 spiro atoms. The van der Waals surface area contributed by atoms with Crippen molar-refractivity contribution in [1.82, 2.24) is 14.5 Å². The van der Waals surface area contributed by atoms with Gasteiger partial charge in [0.15, 0.2) is 5.79 Å².